The Bertz CT molecular complexity index is 854. The van der Waals surface area contributed by atoms with Crippen LogP contribution < -0.4 is 5.32 Å². The zero-order valence-corrected chi connectivity index (χ0v) is 14.4. The highest BCUT2D eigenvalue weighted by Gasteiger charge is 2.16. The third-order valence-corrected chi connectivity index (χ3v) is 4.55. The average molecular weight is 351 g/mol. The molecule has 0 aliphatic heterocycles. The largest absolute Gasteiger partial charge is 0.508 e. The molecule has 1 aromatic heterocycles. The average Bonchev–Trinajstić information content (AvgIpc) is 2.64. The minimum absolute atomic E-state index is 0.129. The van der Waals surface area contributed by atoms with Crippen molar-refractivity contribution in [3.05, 3.63) is 67.0 Å². The third-order valence-electron chi connectivity index (χ3n) is 3.51. The summed E-state index contributed by atoms with van der Waals surface area (Å²) >= 11 is 1.37. The molecule has 126 valence electrons. The van der Waals surface area contributed by atoms with Crippen LogP contribution in [0.15, 0.2) is 72.0 Å². The molecule has 0 aliphatic carbocycles. The zero-order chi connectivity index (χ0) is 17.6. The summed E-state index contributed by atoms with van der Waals surface area (Å²) in [7, 11) is 0. The molecule has 0 fully saturated rings. The lowest BCUT2D eigenvalue weighted by Gasteiger charge is -2.12. The molecule has 2 aromatic carbocycles. The lowest BCUT2D eigenvalue weighted by Crippen LogP contribution is -2.22. The summed E-state index contributed by atoms with van der Waals surface area (Å²) in [5.41, 5.74) is 2.47. The first kappa shape index (κ1) is 17.0. The van der Waals surface area contributed by atoms with E-state index in [0.29, 0.717) is 5.69 Å². The van der Waals surface area contributed by atoms with Crippen LogP contribution in [0.5, 0.6) is 5.75 Å². The highest BCUT2D eigenvalue weighted by Crippen LogP contribution is 2.26. The first-order valence-electron chi connectivity index (χ1n) is 7.76. The van der Waals surface area contributed by atoms with Gasteiger partial charge in [0, 0.05) is 11.3 Å². The Morgan fingerprint density at radius 2 is 1.80 bits per heavy atom. The van der Waals surface area contributed by atoms with Gasteiger partial charge >= 0.3 is 0 Å². The number of carbonyl (C=O) groups excluding carboxylic acids is 1. The summed E-state index contributed by atoms with van der Waals surface area (Å²) < 4.78 is 0. The molecule has 5 nitrogen and oxygen atoms in total. The molecule has 2 N–H and O–H groups in total. The molecule has 1 amide bonds. The molecule has 0 aliphatic rings. The van der Waals surface area contributed by atoms with Gasteiger partial charge in [0.1, 0.15) is 17.1 Å². The number of thioether (sulfide) groups is 1. The van der Waals surface area contributed by atoms with E-state index >= 15 is 0 Å². The van der Waals surface area contributed by atoms with Crippen LogP contribution in [-0.4, -0.2) is 26.2 Å². The van der Waals surface area contributed by atoms with E-state index in [1.165, 1.54) is 30.2 Å². The van der Waals surface area contributed by atoms with Crippen LogP contribution in [-0.2, 0) is 4.79 Å². The fraction of sp³-hybridized carbons (Fsp3) is 0.105. The van der Waals surface area contributed by atoms with E-state index in [2.05, 4.69) is 15.3 Å². The number of benzene rings is 2. The van der Waals surface area contributed by atoms with E-state index in [4.69, 9.17) is 0 Å². The summed E-state index contributed by atoms with van der Waals surface area (Å²) in [6.45, 7) is 1.82. The molecule has 1 unspecified atom stereocenters. The molecule has 25 heavy (non-hydrogen) atoms. The molecule has 0 saturated heterocycles. The number of carbonyl (C=O) groups is 1. The van der Waals surface area contributed by atoms with Crippen LogP contribution in [0.3, 0.4) is 0 Å². The smallest absolute Gasteiger partial charge is 0.237 e. The van der Waals surface area contributed by atoms with Gasteiger partial charge in [-0.05, 0) is 37.3 Å². The van der Waals surface area contributed by atoms with Crippen LogP contribution in [0, 0.1) is 0 Å². The Balaban J connectivity index is 1.67. The van der Waals surface area contributed by atoms with Crippen LogP contribution in [0.25, 0.3) is 11.3 Å². The Morgan fingerprint density at radius 1 is 1.08 bits per heavy atom. The van der Waals surface area contributed by atoms with Crippen molar-refractivity contribution in [2.45, 2.75) is 17.2 Å². The number of phenols is 1. The number of anilines is 1. The molecule has 3 aromatic rings. The maximum absolute atomic E-state index is 12.3. The maximum atomic E-state index is 12.3. The van der Waals surface area contributed by atoms with E-state index in [9.17, 15) is 9.90 Å². The van der Waals surface area contributed by atoms with Gasteiger partial charge in [-0.1, -0.05) is 42.1 Å². The normalized spacial score (nSPS) is 11.7. The first-order chi connectivity index (χ1) is 12.1. The predicted octanol–water partition coefficient (Wildman–Crippen LogP) is 3.97. The second-order valence-corrected chi connectivity index (χ2v) is 6.76. The summed E-state index contributed by atoms with van der Waals surface area (Å²) in [4.78, 5) is 20.9. The van der Waals surface area contributed by atoms with E-state index in [1.54, 1.807) is 12.1 Å². The third kappa shape index (κ3) is 4.58. The van der Waals surface area contributed by atoms with Gasteiger partial charge in [0.25, 0.3) is 0 Å². The Morgan fingerprint density at radius 3 is 2.52 bits per heavy atom. The van der Waals surface area contributed by atoms with Crippen molar-refractivity contribution in [3.63, 3.8) is 0 Å². The fourth-order valence-corrected chi connectivity index (χ4v) is 3.01. The Kier molecular flexibility index (Phi) is 5.30. The van der Waals surface area contributed by atoms with Crippen molar-refractivity contribution in [3.8, 4) is 17.0 Å². The van der Waals surface area contributed by atoms with Crippen LogP contribution in [0.1, 0.15) is 6.92 Å². The van der Waals surface area contributed by atoms with Crippen LogP contribution in [0.4, 0.5) is 5.69 Å². The second kappa shape index (κ2) is 7.81. The number of aromatic nitrogens is 2. The van der Waals surface area contributed by atoms with Gasteiger partial charge in [-0.3, -0.25) is 4.79 Å². The Labute approximate surface area is 150 Å². The highest BCUT2D eigenvalue weighted by atomic mass is 32.2. The monoisotopic (exact) mass is 351 g/mol. The van der Waals surface area contributed by atoms with Crippen molar-refractivity contribution in [1.82, 2.24) is 9.97 Å². The number of aromatic hydroxyl groups is 1. The Hall–Kier alpha value is -2.86. The number of phenolic OH excluding ortho intramolecular Hbond substituents is 1. The zero-order valence-electron chi connectivity index (χ0n) is 13.6. The molecule has 0 spiro atoms. The van der Waals surface area contributed by atoms with E-state index < -0.39 is 0 Å². The van der Waals surface area contributed by atoms with Gasteiger partial charge in [-0.25, -0.2) is 9.97 Å². The number of rotatable bonds is 5. The van der Waals surface area contributed by atoms with Gasteiger partial charge in [-0.2, -0.15) is 0 Å². The number of nitrogens with one attached hydrogen (secondary N) is 1. The van der Waals surface area contributed by atoms with Crippen molar-refractivity contribution >= 4 is 23.4 Å². The van der Waals surface area contributed by atoms with Gasteiger partial charge in [-0.15, -0.1) is 0 Å². The molecule has 0 saturated carbocycles. The summed E-state index contributed by atoms with van der Waals surface area (Å²) in [5.74, 6) is 0.0328. The molecule has 1 heterocycles. The van der Waals surface area contributed by atoms with Crippen molar-refractivity contribution in [2.24, 2.45) is 0 Å². The van der Waals surface area contributed by atoms with Crippen molar-refractivity contribution < 1.29 is 9.90 Å². The van der Waals surface area contributed by atoms with Gasteiger partial charge in [0.2, 0.25) is 5.91 Å². The van der Waals surface area contributed by atoms with E-state index in [1.807, 2.05) is 43.3 Å². The standard InChI is InChI=1S/C19H17N3O2S/c1-13(19(24)22-15-7-9-16(23)10-8-15)25-18-11-17(20-12-21-18)14-5-3-2-4-6-14/h2-13,23H,1H3,(H,22,24). The lowest BCUT2D eigenvalue weighted by molar-refractivity contribution is -0.115. The van der Waals surface area contributed by atoms with Gasteiger partial charge < -0.3 is 10.4 Å². The van der Waals surface area contributed by atoms with Crippen LogP contribution >= 0.6 is 11.8 Å². The van der Waals surface area contributed by atoms with E-state index in [-0.39, 0.29) is 16.9 Å². The fourth-order valence-electron chi connectivity index (χ4n) is 2.19. The highest BCUT2D eigenvalue weighted by molar-refractivity contribution is 8.00. The summed E-state index contributed by atoms with van der Waals surface area (Å²) in [5, 5.41) is 12.5. The number of hydrogen-bond acceptors (Lipinski definition) is 5. The maximum Gasteiger partial charge on any atom is 0.237 e. The second-order valence-electron chi connectivity index (χ2n) is 5.40. The van der Waals surface area contributed by atoms with Gasteiger partial charge in [0.05, 0.1) is 10.9 Å². The van der Waals surface area contributed by atoms with Crippen LogP contribution in [0.2, 0.25) is 0 Å². The summed E-state index contributed by atoms with van der Waals surface area (Å²) in [6, 6.07) is 18.1. The number of hydrogen-bond donors (Lipinski definition) is 2. The molecule has 1 atom stereocenters. The van der Waals surface area contributed by atoms with E-state index in [0.717, 1.165) is 16.3 Å². The molecule has 6 heteroatoms. The SMILES string of the molecule is CC(Sc1cc(-c2ccccc2)ncn1)C(=O)Nc1ccc(O)cc1. The molecule has 3 rings (SSSR count). The molecule has 0 bridgehead atoms. The lowest BCUT2D eigenvalue weighted by atomic mass is 10.1. The minimum Gasteiger partial charge on any atom is -0.508 e. The molecular formula is C19H17N3O2S. The number of amides is 1. The first-order valence-corrected chi connectivity index (χ1v) is 8.64. The predicted molar refractivity (Wildman–Crippen MR) is 99.5 cm³/mol. The van der Waals surface area contributed by atoms with Crippen molar-refractivity contribution in [2.75, 3.05) is 5.32 Å². The minimum atomic E-state index is -0.327. The van der Waals surface area contributed by atoms with Gasteiger partial charge in [0.15, 0.2) is 0 Å². The number of nitrogens with zero attached hydrogens (tertiary/aromatic N) is 2. The summed E-state index contributed by atoms with van der Waals surface area (Å²) in [6.07, 6.45) is 1.51. The quantitative estimate of drug-likeness (QED) is 0.413. The van der Waals surface area contributed by atoms with Crippen molar-refractivity contribution in [1.29, 1.82) is 0 Å². The molecule has 0 radical (unpaired) electrons. The topological polar surface area (TPSA) is 75.1 Å². The molecular weight excluding hydrogens is 334 g/mol.